The summed E-state index contributed by atoms with van der Waals surface area (Å²) in [7, 11) is 0. The Hall–Kier alpha value is -1.22. The van der Waals surface area contributed by atoms with Crippen molar-refractivity contribution in [2.45, 2.75) is 12.5 Å². The Bertz CT molecular complexity index is 258. The summed E-state index contributed by atoms with van der Waals surface area (Å²) in [4.78, 5) is 10.2. The highest BCUT2D eigenvalue weighted by atomic mass is 19.1. The molecular weight excluding hydrogens is 157 g/mol. The molecule has 0 spiro atoms. The summed E-state index contributed by atoms with van der Waals surface area (Å²) in [6.07, 6.45) is 1.15. The van der Waals surface area contributed by atoms with E-state index in [1.807, 2.05) is 0 Å². The highest BCUT2D eigenvalue weighted by molar-refractivity contribution is 5.57. The van der Waals surface area contributed by atoms with Crippen LogP contribution in [0.25, 0.3) is 0 Å². The monoisotopic (exact) mass is 167 g/mol. The molecule has 0 amide bonds. The van der Waals surface area contributed by atoms with Gasteiger partial charge in [-0.25, -0.2) is 4.39 Å². The Morgan fingerprint density at radius 2 is 2.00 bits per heavy atom. The Morgan fingerprint density at radius 3 is 2.50 bits per heavy atom. The van der Waals surface area contributed by atoms with Crippen LogP contribution >= 0.6 is 0 Å². The Morgan fingerprint density at radius 1 is 1.42 bits per heavy atom. The summed E-state index contributed by atoms with van der Waals surface area (Å²) < 4.78 is 12.4. The fraction of sp³-hybridized carbons (Fsp3) is 0.222. The SMILES string of the molecule is N[C@@H](C=O)Cc1ccc(F)cc1. The van der Waals surface area contributed by atoms with Crippen LogP contribution in [0.4, 0.5) is 4.39 Å². The standard InChI is InChI=1S/C9H10FNO/c10-8-3-1-7(2-4-8)5-9(11)6-12/h1-4,6,9H,5,11H2/t9-/m1/s1. The van der Waals surface area contributed by atoms with Crippen LogP contribution in [-0.4, -0.2) is 12.3 Å². The van der Waals surface area contributed by atoms with Gasteiger partial charge in [-0.1, -0.05) is 12.1 Å². The number of aldehydes is 1. The van der Waals surface area contributed by atoms with E-state index in [1.54, 1.807) is 12.1 Å². The number of halogens is 1. The molecule has 1 rings (SSSR count). The fourth-order valence-electron chi connectivity index (χ4n) is 0.941. The maximum Gasteiger partial charge on any atom is 0.137 e. The molecule has 0 aliphatic heterocycles. The second-order valence-electron chi connectivity index (χ2n) is 2.63. The number of carbonyl (C=O) groups excluding carboxylic acids is 1. The van der Waals surface area contributed by atoms with Gasteiger partial charge in [0.05, 0.1) is 6.04 Å². The summed E-state index contributed by atoms with van der Waals surface area (Å²) in [5.41, 5.74) is 6.25. The molecule has 0 saturated heterocycles. The molecule has 0 saturated carbocycles. The van der Waals surface area contributed by atoms with E-state index >= 15 is 0 Å². The average Bonchev–Trinajstić information content (AvgIpc) is 2.09. The van der Waals surface area contributed by atoms with Crippen LogP contribution < -0.4 is 5.73 Å². The molecule has 64 valence electrons. The zero-order valence-electron chi connectivity index (χ0n) is 6.53. The van der Waals surface area contributed by atoms with Crippen molar-refractivity contribution in [1.29, 1.82) is 0 Å². The van der Waals surface area contributed by atoms with Crippen LogP contribution in [0.5, 0.6) is 0 Å². The lowest BCUT2D eigenvalue weighted by Gasteiger charge is -2.02. The Balaban J connectivity index is 2.64. The van der Waals surface area contributed by atoms with Crippen molar-refractivity contribution in [2.75, 3.05) is 0 Å². The van der Waals surface area contributed by atoms with E-state index in [0.717, 1.165) is 5.56 Å². The van der Waals surface area contributed by atoms with Gasteiger partial charge in [0.15, 0.2) is 0 Å². The second-order valence-corrected chi connectivity index (χ2v) is 2.63. The van der Waals surface area contributed by atoms with Crippen LogP contribution in [0.15, 0.2) is 24.3 Å². The zero-order chi connectivity index (χ0) is 8.97. The van der Waals surface area contributed by atoms with Gasteiger partial charge in [-0.05, 0) is 24.1 Å². The molecule has 0 aromatic heterocycles. The van der Waals surface area contributed by atoms with Crippen molar-refractivity contribution in [3.63, 3.8) is 0 Å². The predicted octanol–water partition coefficient (Wildman–Crippen LogP) is 0.894. The van der Waals surface area contributed by atoms with Gasteiger partial charge in [-0.3, -0.25) is 0 Å². The first kappa shape index (κ1) is 8.87. The van der Waals surface area contributed by atoms with Crippen LogP contribution in [0, 0.1) is 5.82 Å². The van der Waals surface area contributed by atoms with E-state index in [0.29, 0.717) is 12.7 Å². The minimum atomic E-state index is -0.490. The molecule has 0 radical (unpaired) electrons. The molecule has 0 aliphatic rings. The van der Waals surface area contributed by atoms with E-state index in [9.17, 15) is 9.18 Å². The van der Waals surface area contributed by atoms with Crippen LogP contribution in [0.1, 0.15) is 5.56 Å². The largest absolute Gasteiger partial charge is 0.321 e. The van der Waals surface area contributed by atoms with E-state index in [2.05, 4.69) is 0 Å². The lowest BCUT2D eigenvalue weighted by molar-refractivity contribution is -0.108. The molecule has 0 heterocycles. The third kappa shape index (κ3) is 2.43. The number of hydrogen-bond donors (Lipinski definition) is 1. The molecule has 0 fully saturated rings. The maximum atomic E-state index is 12.4. The van der Waals surface area contributed by atoms with Crippen molar-refractivity contribution in [2.24, 2.45) is 5.73 Å². The van der Waals surface area contributed by atoms with Gasteiger partial charge in [0.1, 0.15) is 12.1 Å². The molecule has 0 unspecified atom stereocenters. The van der Waals surface area contributed by atoms with Crippen molar-refractivity contribution in [1.82, 2.24) is 0 Å². The maximum absolute atomic E-state index is 12.4. The number of carbonyl (C=O) groups is 1. The van der Waals surface area contributed by atoms with Gasteiger partial charge in [0, 0.05) is 0 Å². The molecular formula is C9H10FNO. The molecule has 1 aromatic rings. The molecule has 1 atom stereocenters. The fourth-order valence-corrected chi connectivity index (χ4v) is 0.941. The van der Waals surface area contributed by atoms with Gasteiger partial charge < -0.3 is 10.5 Å². The van der Waals surface area contributed by atoms with E-state index in [1.165, 1.54) is 12.1 Å². The van der Waals surface area contributed by atoms with Gasteiger partial charge >= 0.3 is 0 Å². The van der Waals surface area contributed by atoms with Crippen molar-refractivity contribution >= 4 is 6.29 Å². The van der Waals surface area contributed by atoms with E-state index in [4.69, 9.17) is 5.73 Å². The smallest absolute Gasteiger partial charge is 0.137 e. The molecule has 0 bridgehead atoms. The van der Waals surface area contributed by atoms with E-state index < -0.39 is 6.04 Å². The van der Waals surface area contributed by atoms with Gasteiger partial charge in [-0.15, -0.1) is 0 Å². The zero-order valence-corrected chi connectivity index (χ0v) is 6.53. The Labute approximate surface area is 70.2 Å². The summed E-state index contributed by atoms with van der Waals surface area (Å²) in [6.45, 7) is 0. The van der Waals surface area contributed by atoms with Crippen LogP contribution in [0.2, 0.25) is 0 Å². The molecule has 2 N–H and O–H groups in total. The number of rotatable bonds is 3. The van der Waals surface area contributed by atoms with Crippen LogP contribution in [-0.2, 0) is 11.2 Å². The molecule has 1 aromatic carbocycles. The minimum absolute atomic E-state index is 0.279. The third-order valence-corrected chi connectivity index (χ3v) is 1.56. The first-order chi connectivity index (χ1) is 5.72. The van der Waals surface area contributed by atoms with Crippen molar-refractivity contribution in [3.8, 4) is 0 Å². The average molecular weight is 167 g/mol. The number of hydrogen-bond acceptors (Lipinski definition) is 2. The second kappa shape index (κ2) is 3.97. The topological polar surface area (TPSA) is 43.1 Å². The first-order valence-corrected chi connectivity index (χ1v) is 3.67. The van der Waals surface area contributed by atoms with Gasteiger partial charge in [0.25, 0.3) is 0 Å². The first-order valence-electron chi connectivity index (χ1n) is 3.67. The van der Waals surface area contributed by atoms with Gasteiger partial charge in [0.2, 0.25) is 0 Å². The molecule has 3 heteroatoms. The van der Waals surface area contributed by atoms with Crippen molar-refractivity contribution in [3.05, 3.63) is 35.6 Å². The third-order valence-electron chi connectivity index (χ3n) is 1.56. The summed E-state index contributed by atoms with van der Waals surface area (Å²) in [5, 5.41) is 0. The highest BCUT2D eigenvalue weighted by Gasteiger charge is 2.01. The van der Waals surface area contributed by atoms with Crippen LogP contribution in [0.3, 0.4) is 0 Å². The Kier molecular flexibility index (Phi) is 2.94. The normalized spacial score (nSPS) is 12.5. The highest BCUT2D eigenvalue weighted by Crippen LogP contribution is 2.03. The molecule has 2 nitrogen and oxygen atoms in total. The number of benzene rings is 1. The summed E-state index contributed by atoms with van der Waals surface area (Å²) in [5.74, 6) is -0.279. The lowest BCUT2D eigenvalue weighted by atomic mass is 10.1. The lowest BCUT2D eigenvalue weighted by Crippen LogP contribution is -2.23. The predicted molar refractivity (Wildman–Crippen MR) is 44.1 cm³/mol. The molecule has 12 heavy (non-hydrogen) atoms. The summed E-state index contributed by atoms with van der Waals surface area (Å²) >= 11 is 0. The van der Waals surface area contributed by atoms with Gasteiger partial charge in [-0.2, -0.15) is 0 Å². The minimum Gasteiger partial charge on any atom is -0.321 e. The number of nitrogens with two attached hydrogens (primary N) is 1. The van der Waals surface area contributed by atoms with E-state index in [-0.39, 0.29) is 5.82 Å². The van der Waals surface area contributed by atoms with Crippen molar-refractivity contribution < 1.29 is 9.18 Å². The molecule has 0 aliphatic carbocycles. The summed E-state index contributed by atoms with van der Waals surface area (Å²) in [6, 6.07) is 5.47. The quantitative estimate of drug-likeness (QED) is 0.679.